The van der Waals surface area contributed by atoms with E-state index in [-0.39, 0.29) is 4.90 Å². The van der Waals surface area contributed by atoms with Gasteiger partial charge in [0.05, 0.1) is 0 Å². The van der Waals surface area contributed by atoms with Crippen LogP contribution in [0.4, 0.5) is 5.82 Å². The normalized spacial score (nSPS) is 16.0. The van der Waals surface area contributed by atoms with Gasteiger partial charge in [-0.1, -0.05) is 5.16 Å². The summed E-state index contributed by atoms with van der Waals surface area (Å²) in [7, 11) is -3.62. The molecule has 0 atom stereocenters. The fraction of sp³-hybridized carbons (Fsp3) is 0.375. The first-order valence-electron chi connectivity index (χ1n) is 8.47. The van der Waals surface area contributed by atoms with Gasteiger partial charge >= 0.3 is 0 Å². The largest absolute Gasteiger partial charge is 0.360 e. The van der Waals surface area contributed by atoms with E-state index >= 15 is 0 Å². The van der Waals surface area contributed by atoms with E-state index in [9.17, 15) is 8.42 Å². The average Bonchev–Trinajstić information content (AvgIpc) is 3.32. The molecule has 27 heavy (non-hydrogen) atoms. The van der Waals surface area contributed by atoms with Crippen LogP contribution in [-0.4, -0.2) is 63.8 Å². The van der Waals surface area contributed by atoms with Gasteiger partial charge in [0.25, 0.3) is 0 Å². The van der Waals surface area contributed by atoms with E-state index in [1.54, 1.807) is 37.1 Å². The summed E-state index contributed by atoms with van der Waals surface area (Å²) in [6, 6.07) is 3.73. The molecule has 0 bridgehead atoms. The minimum absolute atomic E-state index is 0.167. The van der Waals surface area contributed by atoms with E-state index in [1.807, 2.05) is 17.0 Å². The molecule has 4 rings (SSSR count). The summed E-state index contributed by atoms with van der Waals surface area (Å²) in [5.74, 6) is 1.71. The lowest BCUT2D eigenvalue weighted by Crippen LogP contribution is -2.49. The van der Waals surface area contributed by atoms with Gasteiger partial charge in [-0.15, -0.1) is 10.2 Å². The van der Waals surface area contributed by atoms with Crippen molar-refractivity contribution in [2.45, 2.75) is 18.7 Å². The second kappa shape index (κ2) is 6.74. The van der Waals surface area contributed by atoms with Crippen LogP contribution in [0.1, 0.15) is 11.5 Å². The smallest absolute Gasteiger partial charge is 0.248 e. The molecule has 1 saturated heterocycles. The Morgan fingerprint density at radius 2 is 1.74 bits per heavy atom. The van der Waals surface area contributed by atoms with E-state index in [4.69, 9.17) is 4.52 Å². The van der Waals surface area contributed by atoms with Crippen LogP contribution in [0.25, 0.3) is 5.82 Å². The highest BCUT2D eigenvalue weighted by atomic mass is 32.2. The third-order valence-electron chi connectivity index (χ3n) is 4.53. The van der Waals surface area contributed by atoms with Gasteiger partial charge in [0, 0.05) is 38.6 Å². The number of hydrogen-bond acceptors (Lipinski definition) is 8. The maximum Gasteiger partial charge on any atom is 0.248 e. The summed E-state index contributed by atoms with van der Waals surface area (Å²) in [4.78, 5) is 6.17. The molecule has 1 fully saturated rings. The maximum atomic E-state index is 12.9. The van der Waals surface area contributed by atoms with Crippen molar-refractivity contribution < 1.29 is 12.9 Å². The molecule has 0 radical (unpaired) electrons. The standard InChI is InChI=1S/C16H19N7O3S/c1-12-16(13(2)26-20-12)27(24,25)23-9-7-21(8-10-23)14-3-4-15(19-18-14)22-6-5-17-11-22/h3-6,11H,7-10H2,1-2H3. The number of rotatable bonds is 4. The predicted octanol–water partition coefficient (Wildman–Crippen LogP) is 0.778. The van der Waals surface area contributed by atoms with Gasteiger partial charge in [-0.3, -0.25) is 4.57 Å². The van der Waals surface area contributed by atoms with E-state index < -0.39 is 10.0 Å². The number of aryl methyl sites for hydroxylation is 2. The Hall–Kier alpha value is -2.79. The van der Waals surface area contributed by atoms with Crippen molar-refractivity contribution in [2.75, 3.05) is 31.1 Å². The van der Waals surface area contributed by atoms with Crippen LogP contribution in [-0.2, 0) is 10.0 Å². The predicted molar refractivity (Wildman–Crippen MR) is 96.1 cm³/mol. The highest BCUT2D eigenvalue weighted by Gasteiger charge is 2.33. The van der Waals surface area contributed by atoms with Crippen LogP contribution in [0, 0.1) is 13.8 Å². The topological polar surface area (TPSA) is 110 Å². The summed E-state index contributed by atoms with van der Waals surface area (Å²) >= 11 is 0. The lowest BCUT2D eigenvalue weighted by atomic mass is 10.3. The molecule has 0 amide bonds. The molecule has 4 heterocycles. The van der Waals surface area contributed by atoms with Crippen LogP contribution < -0.4 is 4.90 Å². The summed E-state index contributed by atoms with van der Waals surface area (Å²) in [6.07, 6.45) is 5.12. The fourth-order valence-corrected chi connectivity index (χ4v) is 4.86. The van der Waals surface area contributed by atoms with Gasteiger partial charge in [0.1, 0.15) is 16.9 Å². The molecule has 10 nitrogen and oxygen atoms in total. The molecule has 0 spiro atoms. The molecule has 142 valence electrons. The molecule has 0 aromatic carbocycles. The highest BCUT2D eigenvalue weighted by Crippen LogP contribution is 2.25. The molecule has 1 aliphatic rings. The number of hydrogen-bond donors (Lipinski definition) is 0. The van der Waals surface area contributed by atoms with Gasteiger partial charge < -0.3 is 9.42 Å². The zero-order chi connectivity index (χ0) is 19.0. The lowest BCUT2D eigenvalue weighted by molar-refractivity contribution is 0.377. The number of aromatic nitrogens is 5. The Morgan fingerprint density at radius 1 is 1.04 bits per heavy atom. The van der Waals surface area contributed by atoms with Crippen LogP contribution in [0.15, 0.2) is 40.3 Å². The number of nitrogens with zero attached hydrogens (tertiary/aromatic N) is 7. The van der Waals surface area contributed by atoms with Crippen LogP contribution >= 0.6 is 0 Å². The minimum Gasteiger partial charge on any atom is -0.360 e. The van der Waals surface area contributed by atoms with Gasteiger partial charge in [-0.2, -0.15) is 4.31 Å². The average molecular weight is 389 g/mol. The van der Waals surface area contributed by atoms with Crippen molar-refractivity contribution >= 4 is 15.8 Å². The number of imidazole rings is 1. The fourth-order valence-electron chi connectivity index (χ4n) is 3.15. The third kappa shape index (κ3) is 3.19. The van der Waals surface area contributed by atoms with Crippen molar-refractivity contribution in [2.24, 2.45) is 0 Å². The summed E-state index contributed by atoms with van der Waals surface area (Å²) < 4.78 is 34.0. The molecule has 0 saturated carbocycles. The molecular formula is C16H19N7O3S. The summed E-state index contributed by atoms with van der Waals surface area (Å²) in [6.45, 7) is 5.02. The first-order chi connectivity index (χ1) is 13.0. The van der Waals surface area contributed by atoms with Crippen LogP contribution in [0.3, 0.4) is 0 Å². The Morgan fingerprint density at radius 3 is 2.30 bits per heavy atom. The Balaban J connectivity index is 1.46. The zero-order valence-corrected chi connectivity index (χ0v) is 15.8. The second-order valence-electron chi connectivity index (χ2n) is 6.26. The minimum atomic E-state index is -3.62. The molecule has 3 aromatic heterocycles. The number of piperazine rings is 1. The molecule has 1 aliphatic heterocycles. The SMILES string of the molecule is Cc1noc(C)c1S(=O)(=O)N1CCN(c2ccc(-n3ccnc3)nn2)CC1. The van der Waals surface area contributed by atoms with Crippen LogP contribution in [0.5, 0.6) is 0 Å². The van der Waals surface area contributed by atoms with Crippen molar-refractivity contribution in [1.82, 2.24) is 29.2 Å². The van der Waals surface area contributed by atoms with Gasteiger partial charge in [0.15, 0.2) is 17.4 Å². The Bertz CT molecular complexity index is 1000. The second-order valence-corrected chi connectivity index (χ2v) is 8.14. The molecule has 0 aliphatic carbocycles. The van der Waals surface area contributed by atoms with E-state index in [0.29, 0.717) is 49.3 Å². The summed E-state index contributed by atoms with van der Waals surface area (Å²) in [5, 5.41) is 12.2. The highest BCUT2D eigenvalue weighted by molar-refractivity contribution is 7.89. The van der Waals surface area contributed by atoms with Gasteiger partial charge in [-0.05, 0) is 26.0 Å². The first-order valence-corrected chi connectivity index (χ1v) is 9.91. The van der Waals surface area contributed by atoms with Crippen molar-refractivity contribution in [3.8, 4) is 5.82 Å². The van der Waals surface area contributed by atoms with Crippen molar-refractivity contribution in [1.29, 1.82) is 0 Å². The van der Waals surface area contributed by atoms with E-state index in [1.165, 1.54) is 4.31 Å². The zero-order valence-electron chi connectivity index (χ0n) is 15.0. The lowest BCUT2D eigenvalue weighted by Gasteiger charge is -2.34. The van der Waals surface area contributed by atoms with Crippen molar-refractivity contribution in [3.05, 3.63) is 42.3 Å². The first kappa shape index (κ1) is 17.6. The molecule has 11 heteroatoms. The maximum absolute atomic E-state index is 12.9. The van der Waals surface area contributed by atoms with E-state index in [2.05, 4.69) is 20.3 Å². The number of anilines is 1. The van der Waals surface area contributed by atoms with Gasteiger partial charge in [-0.25, -0.2) is 13.4 Å². The Labute approximate surface area is 156 Å². The molecule has 3 aromatic rings. The molecule has 0 N–H and O–H groups in total. The quantitative estimate of drug-likeness (QED) is 0.644. The Kier molecular flexibility index (Phi) is 4.40. The third-order valence-corrected chi connectivity index (χ3v) is 6.68. The molecule has 0 unspecified atom stereocenters. The van der Waals surface area contributed by atoms with E-state index in [0.717, 1.165) is 0 Å². The summed E-state index contributed by atoms with van der Waals surface area (Å²) in [5.41, 5.74) is 0.385. The van der Waals surface area contributed by atoms with Crippen LogP contribution in [0.2, 0.25) is 0 Å². The molecular weight excluding hydrogens is 370 g/mol. The number of sulfonamides is 1. The van der Waals surface area contributed by atoms with Gasteiger partial charge in [0.2, 0.25) is 10.0 Å². The monoisotopic (exact) mass is 389 g/mol. The van der Waals surface area contributed by atoms with Crippen molar-refractivity contribution in [3.63, 3.8) is 0 Å².